The number of nitrogens with one attached hydrogen (secondary N) is 3. The van der Waals surface area contributed by atoms with Gasteiger partial charge in [-0.1, -0.05) is 18.2 Å². The summed E-state index contributed by atoms with van der Waals surface area (Å²) in [6.07, 6.45) is 2.50. The fraction of sp³-hybridized carbons (Fsp3) is 0.267. The number of benzene rings is 1. The summed E-state index contributed by atoms with van der Waals surface area (Å²) in [6, 6.07) is 6.07. The highest BCUT2D eigenvalue weighted by Crippen LogP contribution is 2.19. The predicted molar refractivity (Wildman–Crippen MR) is 81.8 cm³/mol. The van der Waals surface area contributed by atoms with Crippen molar-refractivity contribution in [1.82, 2.24) is 15.6 Å². The van der Waals surface area contributed by atoms with Crippen LogP contribution in [0.3, 0.4) is 0 Å². The summed E-state index contributed by atoms with van der Waals surface area (Å²) in [7, 11) is 0. The van der Waals surface area contributed by atoms with Crippen molar-refractivity contribution in [3.63, 3.8) is 0 Å². The van der Waals surface area contributed by atoms with Gasteiger partial charge in [0.1, 0.15) is 12.1 Å². The third kappa shape index (κ3) is 3.43. The lowest BCUT2D eigenvalue weighted by molar-refractivity contribution is -0.129. The fourth-order valence-corrected chi connectivity index (χ4v) is 2.22. The lowest BCUT2D eigenvalue weighted by Crippen LogP contribution is -2.51. The average molecular weight is 302 g/mol. The van der Waals surface area contributed by atoms with E-state index in [9.17, 15) is 14.4 Å². The van der Waals surface area contributed by atoms with Gasteiger partial charge in [-0.2, -0.15) is 0 Å². The zero-order valence-electron chi connectivity index (χ0n) is 12.1. The number of rotatable bonds is 7. The molecule has 1 heterocycles. The lowest BCUT2D eigenvalue weighted by atomic mass is 10.0. The van der Waals surface area contributed by atoms with E-state index < -0.39 is 23.9 Å². The average Bonchev–Trinajstić information content (AvgIpc) is 2.90. The molecule has 2 unspecified atom stereocenters. The van der Waals surface area contributed by atoms with E-state index in [2.05, 4.69) is 15.6 Å². The Morgan fingerprint density at radius 2 is 2.09 bits per heavy atom. The summed E-state index contributed by atoms with van der Waals surface area (Å²) in [5.74, 6) is -1.09. The Hall–Kier alpha value is -2.83. The molecule has 3 amide bonds. The first-order valence-electron chi connectivity index (χ1n) is 6.87. The molecule has 116 valence electrons. The number of carbonyl (C=O) groups excluding carboxylic acids is 3. The van der Waals surface area contributed by atoms with Crippen molar-refractivity contribution in [2.75, 3.05) is 0 Å². The number of para-hydroxylation sites is 1. The van der Waals surface area contributed by atoms with E-state index in [4.69, 9.17) is 5.73 Å². The molecule has 0 aliphatic carbocycles. The first-order valence-corrected chi connectivity index (χ1v) is 6.87. The molecule has 0 fully saturated rings. The minimum absolute atomic E-state index is 0.277. The van der Waals surface area contributed by atoms with Crippen LogP contribution in [0, 0.1) is 0 Å². The molecule has 2 aromatic rings. The molecule has 0 spiro atoms. The quantitative estimate of drug-likeness (QED) is 0.531. The number of fused-ring (bicyclic) bond motifs is 1. The minimum atomic E-state index is -0.845. The molecule has 22 heavy (non-hydrogen) atoms. The smallest absolute Gasteiger partial charge is 0.242 e. The van der Waals surface area contributed by atoms with E-state index in [0.29, 0.717) is 6.41 Å². The predicted octanol–water partition coefficient (Wildman–Crippen LogP) is -0.185. The fourth-order valence-electron chi connectivity index (χ4n) is 2.22. The van der Waals surface area contributed by atoms with Crippen molar-refractivity contribution in [2.24, 2.45) is 5.73 Å². The summed E-state index contributed by atoms with van der Waals surface area (Å²) in [4.78, 5) is 36.9. The van der Waals surface area contributed by atoms with Crippen LogP contribution in [0.25, 0.3) is 10.9 Å². The zero-order valence-corrected chi connectivity index (χ0v) is 12.1. The van der Waals surface area contributed by atoms with E-state index in [1.54, 1.807) is 6.20 Å². The van der Waals surface area contributed by atoms with E-state index >= 15 is 0 Å². The Morgan fingerprint density at radius 1 is 1.36 bits per heavy atom. The molecule has 0 radical (unpaired) electrons. The normalized spacial score (nSPS) is 13.3. The van der Waals surface area contributed by atoms with Gasteiger partial charge in [0.15, 0.2) is 0 Å². The number of nitrogens with two attached hydrogens (primary N) is 1. The SMILES string of the molecule is CC(NC=O)C(=O)NC(Cc1c[nH]c2ccccc12)C(N)=O. The van der Waals surface area contributed by atoms with E-state index in [-0.39, 0.29) is 6.42 Å². The summed E-state index contributed by atoms with van der Waals surface area (Å²) in [5, 5.41) is 5.86. The Balaban J connectivity index is 2.14. The van der Waals surface area contributed by atoms with Crippen molar-refractivity contribution in [1.29, 1.82) is 0 Å². The van der Waals surface area contributed by atoms with Crippen LogP contribution >= 0.6 is 0 Å². The van der Waals surface area contributed by atoms with Crippen LogP contribution in [-0.4, -0.2) is 35.3 Å². The van der Waals surface area contributed by atoms with Crippen LogP contribution in [0.4, 0.5) is 0 Å². The Morgan fingerprint density at radius 3 is 2.77 bits per heavy atom. The second-order valence-electron chi connectivity index (χ2n) is 5.03. The van der Waals surface area contributed by atoms with Crippen molar-refractivity contribution in [3.05, 3.63) is 36.0 Å². The molecular weight excluding hydrogens is 284 g/mol. The molecule has 5 N–H and O–H groups in total. The molecule has 0 bridgehead atoms. The van der Waals surface area contributed by atoms with Gasteiger partial charge in [-0.3, -0.25) is 14.4 Å². The van der Waals surface area contributed by atoms with Crippen molar-refractivity contribution in [3.8, 4) is 0 Å². The summed E-state index contributed by atoms with van der Waals surface area (Å²) >= 11 is 0. The Bertz CT molecular complexity index is 695. The van der Waals surface area contributed by atoms with Gasteiger partial charge in [-0.15, -0.1) is 0 Å². The summed E-state index contributed by atoms with van der Waals surface area (Å²) in [5.41, 5.74) is 7.20. The second kappa shape index (κ2) is 6.75. The lowest BCUT2D eigenvalue weighted by Gasteiger charge is -2.18. The molecule has 1 aromatic carbocycles. The highest BCUT2D eigenvalue weighted by molar-refractivity contribution is 5.90. The topological polar surface area (TPSA) is 117 Å². The Labute approximate surface area is 127 Å². The minimum Gasteiger partial charge on any atom is -0.368 e. The molecule has 0 aliphatic rings. The molecule has 2 atom stereocenters. The standard InChI is InChI=1S/C15H18N4O3/c1-9(18-8-20)15(22)19-13(14(16)21)6-10-7-17-12-5-3-2-4-11(10)12/h2-5,7-9,13,17H,6H2,1H3,(H2,16,21)(H,18,20)(H,19,22). The van der Waals surface area contributed by atoms with Gasteiger partial charge in [0, 0.05) is 23.5 Å². The molecule has 1 aromatic heterocycles. The monoisotopic (exact) mass is 302 g/mol. The van der Waals surface area contributed by atoms with Crippen molar-refractivity contribution in [2.45, 2.75) is 25.4 Å². The summed E-state index contributed by atoms with van der Waals surface area (Å²) in [6.45, 7) is 1.52. The van der Waals surface area contributed by atoms with Crippen LogP contribution in [0.2, 0.25) is 0 Å². The maximum Gasteiger partial charge on any atom is 0.242 e. The highest BCUT2D eigenvalue weighted by Gasteiger charge is 2.22. The van der Waals surface area contributed by atoms with Gasteiger partial charge < -0.3 is 21.4 Å². The number of aromatic amines is 1. The highest BCUT2D eigenvalue weighted by atomic mass is 16.2. The van der Waals surface area contributed by atoms with E-state index in [0.717, 1.165) is 16.5 Å². The molecule has 0 saturated carbocycles. The van der Waals surface area contributed by atoms with Crippen LogP contribution in [0.15, 0.2) is 30.5 Å². The van der Waals surface area contributed by atoms with Gasteiger partial charge in [-0.05, 0) is 18.6 Å². The van der Waals surface area contributed by atoms with Crippen molar-refractivity contribution < 1.29 is 14.4 Å². The largest absolute Gasteiger partial charge is 0.368 e. The van der Waals surface area contributed by atoms with Gasteiger partial charge >= 0.3 is 0 Å². The van der Waals surface area contributed by atoms with Gasteiger partial charge in [0.25, 0.3) is 0 Å². The van der Waals surface area contributed by atoms with Crippen LogP contribution in [-0.2, 0) is 20.8 Å². The first-order chi connectivity index (χ1) is 10.5. The van der Waals surface area contributed by atoms with E-state index in [1.165, 1.54) is 6.92 Å². The van der Waals surface area contributed by atoms with E-state index in [1.807, 2.05) is 24.3 Å². The maximum absolute atomic E-state index is 11.9. The molecule has 2 rings (SSSR count). The number of aromatic nitrogens is 1. The molecule has 7 heteroatoms. The number of hydrogen-bond donors (Lipinski definition) is 4. The van der Waals surface area contributed by atoms with Crippen molar-refractivity contribution >= 4 is 29.1 Å². The van der Waals surface area contributed by atoms with Gasteiger partial charge in [0.2, 0.25) is 18.2 Å². The van der Waals surface area contributed by atoms with Gasteiger partial charge in [0.05, 0.1) is 0 Å². The van der Waals surface area contributed by atoms with Crippen LogP contribution in [0.1, 0.15) is 12.5 Å². The Kier molecular flexibility index (Phi) is 4.77. The van der Waals surface area contributed by atoms with Crippen LogP contribution < -0.4 is 16.4 Å². The van der Waals surface area contributed by atoms with Crippen LogP contribution in [0.5, 0.6) is 0 Å². The molecule has 7 nitrogen and oxygen atoms in total. The number of primary amides is 1. The first kappa shape index (κ1) is 15.6. The number of hydrogen-bond acceptors (Lipinski definition) is 3. The third-order valence-corrected chi connectivity index (χ3v) is 3.47. The number of amides is 3. The number of carbonyl (C=O) groups is 3. The molecule has 0 saturated heterocycles. The zero-order chi connectivity index (χ0) is 16.1. The summed E-state index contributed by atoms with van der Waals surface area (Å²) < 4.78 is 0. The number of H-pyrrole nitrogens is 1. The third-order valence-electron chi connectivity index (χ3n) is 3.47. The maximum atomic E-state index is 11.9. The van der Waals surface area contributed by atoms with Gasteiger partial charge in [-0.25, -0.2) is 0 Å². The molecule has 0 aliphatic heterocycles. The second-order valence-corrected chi connectivity index (χ2v) is 5.03. The molecular formula is C15H18N4O3.